The monoisotopic (exact) mass is 434 g/mol. The summed E-state index contributed by atoms with van der Waals surface area (Å²) in [6, 6.07) is 0. The van der Waals surface area contributed by atoms with Crippen LogP contribution in [0.4, 0.5) is 0 Å². The summed E-state index contributed by atoms with van der Waals surface area (Å²) >= 11 is 0. The SMILES string of the molecule is CC.CC.O=C1C2CCCCC2C2C1CC(O)C1CC3OC4CCCCC4OC3CC12. The van der Waals surface area contributed by atoms with Gasteiger partial charge in [0.15, 0.2) is 0 Å². The van der Waals surface area contributed by atoms with Crippen molar-refractivity contribution < 1.29 is 19.4 Å². The predicted molar refractivity (Wildman–Crippen MR) is 123 cm³/mol. The Kier molecular flexibility index (Phi) is 7.81. The standard InChI is InChI=1S/C23H34O4.2C2H6/c24-17-9-16-22(12-5-1-2-6-13(12)23(16)25)15-11-21-20(10-14(15)17)26-18-7-3-4-8-19(18)27-21;2*1-2/h12-22,24H,1-11H2;2*1-2H3. The zero-order valence-electron chi connectivity index (χ0n) is 20.3. The molecule has 6 aliphatic rings. The molecule has 5 saturated carbocycles. The number of aliphatic hydroxyl groups excluding tert-OH is 1. The van der Waals surface area contributed by atoms with Gasteiger partial charge in [0.2, 0.25) is 0 Å². The Morgan fingerprint density at radius 1 is 0.645 bits per heavy atom. The highest BCUT2D eigenvalue weighted by molar-refractivity contribution is 5.86. The summed E-state index contributed by atoms with van der Waals surface area (Å²) < 4.78 is 13.1. The lowest BCUT2D eigenvalue weighted by Gasteiger charge is -2.54. The first-order chi connectivity index (χ1) is 15.2. The molecule has 0 aromatic rings. The molecule has 1 aliphatic heterocycles. The number of hydrogen-bond donors (Lipinski definition) is 1. The summed E-state index contributed by atoms with van der Waals surface area (Å²) in [5.41, 5.74) is 0. The zero-order chi connectivity index (χ0) is 22.1. The normalized spacial score (nSPS) is 50.1. The number of Topliss-reactive ketones (excluding diaryl/α,β-unsaturated/α-hetero) is 1. The summed E-state index contributed by atoms with van der Waals surface area (Å²) in [4.78, 5) is 13.1. The molecule has 11 unspecified atom stereocenters. The Morgan fingerprint density at radius 2 is 1.19 bits per heavy atom. The van der Waals surface area contributed by atoms with E-state index in [9.17, 15) is 9.90 Å². The third-order valence-corrected chi connectivity index (χ3v) is 9.31. The molecule has 1 N–H and O–H groups in total. The van der Waals surface area contributed by atoms with Crippen LogP contribution in [0.15, 0.2) is 0 Å². The van der Waals surface area contributed by atoms with Gasteiger partial charge in [-0.1, -0.05) is 53.4 Å². The molecular formula is C27H46O4. The van der Waals surface area contributed by atoms with Gasteiger partial charge >= 0.3 is 0 Å². The van der Waals surface area contributed by atoms with Crippen molar-refractivity contribution in [2.45, 2.75) is 129 Å². The lowest BCUT2D eigenvalue weighted by atomic mass is 9.57. The molecule has 4 heteroatoms. The van der Waals surface area contributed by atoms with Crippen molar-refractivity contribution in [3.05, 3.63) is 0 Å². The minimum Gasteiger partial charge on any atom is -0.393 e. The first kappa shape index (κ1) is 23.7. The first-order valence-electron chi connectivity index (χ1n) is 13.7. The van der Waals surface area contributed by atoms with Gasteiger partial charge in [-0.25, -0.2) is 0 Å². The average molecular weight is 435 g/mol. The Labute approximate surface area is 189 Å². The van der Waals surface area contributed by atoms with Gasteiger partial charge < -0.3 is 14.6 Å². The van der Waals surface area contributed by atoms with E-state index in [-0.39, 0.29) is 36.4 Å². The number of carbonyl (C=O) groups is 1. The second-order valence-electron chi connectivity index (χ2n) is 10.5. The minimum absolute atomic E-state index is 0.123. The molecular weight excluding hydrogens is 388 g/mol. The Morgan fingerprint density at radius 3 is 1.84 bits per heavy atom. The molecule has 0 aromatic heterocycles. The second-order valence-corrected chi connectivity index (χ2v) is 10.5. The molecule has 0 aromatic carbocycles. The summed E-state index contributed by atoms with van der Waals surface area (Å²) in [6.45, 7) is 8.00. The third-order valence-electron chi connectivity index (χ3n) is 9.31. The van der Waals surface area contributed by atoms with E-state index in [4.69, 9.17) is 9.47 Å². The molecule has 0 radical (unpaired) electrons. The van der Waals surface area contributed by atoms with Crippen LogP contribution in [0.1, 0.15) is 98.3 Å². The highest BCUT2D eigenvalue weighted by atomic mass is 16.6. The number of carbonyl (C=O) groups excluding carboxylic acids is 1. The first-order valence-corrected chi connectivity index (χ1v) is 13.7. The molecule has 0 spiro atoms. The summed E-state index contributed by atoms with van der Waals surface area (Å²) in [7, 11) is 0. The van der Waals surface area contributed by atoms with Crippen molar-refractivity contribution in [2.24, 2.45) is 35.5 Å². The quantitative estimate of drug-likeness (QED) is 0.543. The van der Waals surface area contributed by atoms with E-state index in [1.807, 2.05) is 27.7 Å². The third kappa shape index (κ3) is 4.15. The summed E-state index contributed by atoms with van der Waals surface area (Å²) in [6.07, 6.45) is 12.9. The average Bonchev–Trinajstić information content (AvgIpc) is 3.11. The van der Waals surface area contributed by atoms with Crippen LogP contribution in [0.2, 0.25) is 0 Å². The van der Waals surface area contributed by atoms with Gasteiger partial charge in [0.05, 0.1) is 30.5 Å². The Bertz CT molecular complexity index is 606. The topological polar surface area (TPSA) is 55.8 Å². The van der Waals surface area contributed by atoms with Gasteiger partial charge in [-0.3, -0.25) is 4.79 Å². The summed E-state index contributed by atoms with van der Waals surface area (Å²) in [5.74, 6) is 2.77. The highest BCUT2D eigenvalue weighted by Crippen LogP contribution is 2.59. The molecule has 0 amide bonds. The number of ether oxygens (including phenoxy) is 2. The Hall–Kier alpha value is -0.450. The lowest BCUT2D eigenvalue weighted by Crippen LogP contribution is -2.58. The molecule has 178 valence electrons. The van der Waals surface area contributed by atoms with Gasteiger partial charge in [-0.2, -0.15) is 0 Å². The molecule has 0 bridgehead atoms. The van der Waals surface area contributed by atoms with E-state index in [2.05, 4.69) is 0 Å². The van der Waals surface area contributed by atoms with Crippen LogP contribution < -0.4 is 0 Å². The van der Waals surface area contributed by atoms with Crippen LogP contribution in [0.5, 0.6) is 0 Å². The maximum atomic E-state index is 13.1. The van der Waals surface area contributed by atoms with Crippen LogP contribution in [-0.2, 0) is 14.3 Å². The maximum absolute atomic E-state index is 13.1. The van der Waals surface area contributed by atoms with Crippen molar-refractivity contribution >= 4 is 5.78 Å². The van der Waals surface area contributed by atoms with Gasteiger partial charge in [0.1, 0.15) is 5.78 Å². The fourth-order valence-corrected chi connectivity index (χ4v) is 8.24. The number of ketones is 1. The van der Waals surface area contributed by atoms with Crippen molar-refractivity contribution in [2.75, 3.05) is 0 Å². The van der Waals surface area contributed by atoms with Crippen LogP contribution in [-0.4, -0.2) is 41.4 Å². The fourth-order valence-electron chi connectivity index (χ4n) is 8.24. The van der Waals surface area contributed by atoms with E-state index < -0.39 is 0 Å². The van der Waals surface area contributed by atoms with Gasteiger partial charge in [-0.15, -0.1) is 0 Å². The molecule has 1 saturated heterocycles. The van der Waals surface area contributed by atoms with Crippen LogP contribution in [0.3, 0.4) is 0 Å². The molecule has 6 rings (SSSR count). The van der Waals surface area contributed by atoms with Crippen LogP contribution in [0, 0.1) is 35.5 Å². The highest BCUT2D eigenvalue weighted by Gasteiger charge is 2.60. The molecule has 6 fully saturated rings. The lowest BCUT2D eigenvalue weighted by molar-refractivity contribution is -0.261. The van der Waals surface area contributed by atoms with Crippen molar-refractivity contribution in [1.29, 1.82) is 0 Å². The summed E-state index contributed by atoms with van der Waals surface area (Å²) in [5, 5.41) is 11.0. The van der Waals surface area contributed by atoms with Crippen molar-refractivity contribution in [3.8, 4) is 0 Å². The van der Waals surface area contributed by atoms with E-state index in [0.717, 1.165) is 32.1 Å². The van der Waals surface area contributed by atoms with Gasteiger partial charge in [0.25, 0.3) is 0 Å². The molecule has 4 nitrogen and oxygen atoms in total. The van der Waals surface area contributed by atoms with Crippen LogP contribution in [0.25, 0.3) is 0 Å². The smallest absolute Gasteiger partial charge is 0.139 e. The van der Waals surface area contributed by atoms with E-state index in [0.29, 0.717) is 41.8 Å². The minimum atomic E-state index is -0.325. The van der Waals surface area contributed by atoms with E-state index >= 15 is 0 Å². The molecule has 5 aliphatic carbocycles. The number of rotatable bonds is 0. The van der Waals surface area contributed by atoms with Crippen molar-refractivity contribution in [3.63, 3.8) is 0 Å². The number of hydrogen-bond acceptors (Lipinski definition) is 4. The molecule has 31 heavy (non-hydrogen) atoms. The van der Waals surface area contributed by atoms with Crippen LogP contribution >= 0.6 is 0 Å². The molecule has 11 atom stereocenters. The number of fused-ring (bicyclic) bond motifs is 7. The Balaban J connectivity index is 0.000000549. The number of aliphatic hydroxyl groups is 1. The van der Waals surface area contributed by atoms with Gasteiger partial charge in [-0.05, 0) is 68.6 Å². The second kappa shape index (κ2) is 10.2. The van der Waals surface area contributed by atoms with Crippen molar-refractivity contribution in [1.82, 2.24) is 0 Å². The van der Waals surface area contributed by atoms with E-state index in [1.54, 1.807) is 0 Å². The molecule has 1 heterocycles. The van der Waals surface area contributed by atoms with E-state index in [1.165, 1.54) is 32.1 Å². The van der Waals surface area contributed by atoms with Gasteiger partial charge in [0, 0.05) is 11.8 Å². The largest absolute Gasteiger partial charge is 0.393 e. The maximum Gasteiger partial charge on any atom is 0.139 e. The zero-order valence-corrected chi connectivity index (χ0v) is 20.3. The predicted octanol–water partition coefficient (Wildman–Crippen LogP) is 5.55. The fraction of sp³-hybridized carbons (Fsp3) is 0.963.